The molecule has 0 aliphatic heterocycles. The number of rotatable bonds is 5. The summed E-state index contributed by atoms with van der Waals surface area (Å²) in [5, 5.41) is 22.0. The minimum absolute atomic E-state index is 0.0382. The molecule has 2 rings (SSSR count). The van der Waals surface area contributed by atoms with Crippen LogP contribution in [0.4, 0.5) is 0 Å². The number of oxime groups is 1. The summed E-state index contributed by atoms with van der Waals surface area (Å²) in [5.41, 5.74) is 6.42. The van der Waals surface area contributed by atoms with Crippen molar-refractivity contribution in [1.82, 2.24) is 20.1 Å². The fraction of sp³-hybridized carbons (Fsp3) is 0.231. The van der Waals surface area contributed by atoms with E-state index in [0.29, 0.717) is 24.1 Å². The van der Waals surface area contributed by atoms with Gasteiger partial charge in [-0.2, -0.15) is 0 Å². The second kappa shape index (κ2) is 6.51. The number of hydrogen-bond donors (Lipinski definition) is 3. The Morgan fingerprint density at radius 1 is 1.48 bits per heavy atom. The number of nitrogens with two attached hydrogens (primary N) is 1. The molecule has 1 aromatic carbocycles. The second-order valence-corrected chi connectivity index (χ2v) is 4.43. The van der Waals surface area contributed by atoms with E-state index in [0.717, 1.165) is 5.82 Å². The zero-order valence-corrected chi connectivity index (χ0v) is 11.5. The predicted octanol–water partition coefficient (Wildman–Crippen LogP) is -0.118. The van der Waals surface area contributed by atoms with E-state index in [1.807, 2.05) is 7.05 Å². The smallest absolute Gasteiger partial charge is 0.251 e. The summed E-state index contributed by atoms with van der Waals surface area (Å²) in [6.45, 7) is 0.444. The van der Waals surface area contributed by atoms with Crippen molar-refractivity contribution in [3.8, 4) is 0 Å². The van der Waals surface area contributed by atoms with Gasteiger partial charge >= 0.3 is 0 Å². The molecule has 110 valence electrons. The number of nitrogens with zero attached hydrogens (tertiary/aromatic N) is 4. The lowest BCUT2D eigenvalue weighted by molar-refractivity contribution is 0.0954. The van der Waals surface area contributed by atoms with Crippen LogP contribution in [-0.4, -0.2) is 38.3 Å². The fourth-order valence-electron chi connectivity index (χ4n) is 1.80. The van der Waals surface area contributed by atoms with Crippen LogP contribution < -0.4 is 11.1 Å². The molecule has 0 radical (unpaired) electrons. The average Bonchev–Trinajstić information content (AvgIpc) is 2.92. The van der Waals surface area contributed by atoms with Crippen molar-refractivity contribution in [2.45, 2.75) is 6.42 Å². The molecule has 0 unspecified atom stereocenters. The summed E-state index contributed by atoms with van der Waals surface area (Å²) in [7, 11) is 1.84. The van der Waals surface area contributed by atoms with Crippen molar-refractivity contribution < 1.29 is 10.0 Å². The van der Waals surface area contributed by atoms with Crippen LogP contribution in [-0.2, 0) is 13.5 Å². The number of aromatic nitrogens is 3. The molecule has 0 aliphatic carbocycles. The molecule has 4 N–H and O–H groups in total. The van der Waals surface area contributed by atoms with Crippen LogP contribution in [0.15, 0.2) is 35.7 Å². The SMILES string of the molecule is Cn1cnnc1CCNC(=O)c1cccc(C(N)=NO)c1. The molecule has 21 heavy (non-hydrogen) atoms. The van der Waals surface area contributed by atoms with Crippen molar-refractivity contribution in [2.75, 3.05) is 6.54 Å². The van der Waals surface area contributed by atoms with Crippen LogP contribution >= 0.6 is 0 Å². The molecular formula is C13H16N6O2. The third kappa shape index (κ3) is 3.56. The number of amides is 1. The van der Waals surface area contributed by atoms with Crippen LogP contribution in [0.25, 0.3) is 0 Å². The molecule has 1 amide bonds. The second-order valence-electron chi connectivity index (χ2n) is 4.43. The Morgan fingerprint density at radius 3 is 2.90 bits per heavy atom. The van der Waals surface area contributed by atoms with E-state index in [4.69, 9.17) is 10.9 Å². The van der Waals surface area contributed by atoms with Gasteiger partial charge < -0.3 is 20.8 Å². The number of benzene rings is 1. The third-order valence-corrected chi connectivity index (χ3v) is 2.97. The lowest BCUT2D eigenvalue weighted by Crippen LogP contribution is -2.26. The van der Waals surface area contributed by atoms with E-state index in [-0.39, 0.29) is 11.7 Å². The van der Waals surface area contributed by atoms with Gasteiger partial charge in [0, 0.05) is 31.1 Å². The van der Waals surface area contributed by atoms with E-state index >= 15 is 0 Å². The largest absolute Gasteiger partial charge is 0.409 e. The lowest BCUT2D eigenvalue weighted by Gasteiger charge is -2.06. The van der Waals surface area contributed by atoms with Crippen LogP contribution in [0, 0.1) is 0 Å². The summed E-state index contributed by atoms with van der Waals surface area (Å²) in [5.74, 6) is 0.522. The number of nitrogens with one attached hydrogen (secondary N) is 1. The standard InChI is InChI=1S/C13H16N6O2/c1-19-8-16-17-11(19)5-6-15-13(20)10-4-2-3-9(7-10)12(14)18-21/h2-4,7-8,21H,5-6H2,1H3,(H2,14,18)(H,15,20). The van der Waals surface area contributed by atoms with Gasteiger partial charge in [0.15, 0.2) is 5.84 Å². The maximum absolute atomic E-state index is 12.0. The number of hydrogen-bond acceptors (Lipinski definition) is 5. The Bertz CT molecular complexity index is 664. The van der Waals surface area contributed by atoms with Crippen LogP contribution in [0.2, 0.25) is 0 Å². The highest BCUT2D eigenvalue weighted by molar-refractivity contribution is 6.01. The van der Waals surface area contributed by atoms with Gasteiger partial charge in [0.2, 0.25) is 0 Å². The Labute approximate surface area is 121 Å². The first kappa shape index (κ1) is 14.5. The normalized spacial score (nSPS) is 11.4. The van der Waals surface area contributed by atoms with Crippen LogP contribution in [0.5, 0.6) is 0 Å². The van der Waals surface area contributed by atoms with Gasteiger partial charge in [0.25, 0.3) is 5.91 Å². The molecule has 8 heteroatoms. The molecule has 1 aromatic heterocycles. The fourth-order valence-corrected chi connectivity index (χ4v) is 1.80. The quantitative estimate of drug-likeness (QED) is 0.307. The van der Waals surface area contributed by atoms with Crippen molar-refractivity contribution in [1.29, 1.82) is 0 Å². The number of carbonyl (C=O) groups is 1. The van der Waals surface area contributed by atoms with Gasteiger partial charge in [0.05, 0.1) is 0 Å². The van der Waals surface area contributed by atoms with E-state index in [2.05, 4.69) is 20.7 Å². The monoisotopic (exact) mass is 288 g/mol. The van der Waals surface area contributed by atoms with Gasteiger partial charge in [-0.15, -0.1) is 10.2 Å². The molecule has 0 bridgehead atoms. The minimum atomic E-state index is -0.232. The third-order valence-electron chi connectivity index (χ3n) is 2.97. The molecule has 0 atom stereocenters. The molecule has 0 saturated heterocycles. The van der Waals surface area contributed by atoms with E-state index in [1.165, 1.54) is 0 Å². The Hall–Kier alpha value is -2.90. The molecule has 0 aliphatic rings. The summed E-state index contributed by atoms with van der Waals surface area (Å²) >= 11 is 0. The highest BCUT2D eigenvalue weighted by Gasteiger charge is 2.08. The molecular weight excluding hydrogens is 272 g/mol. The number of aryl methyl sites for hydroxylation is 1. The summed E-state index contributed by atoms with van der Waals surface area (Å²) < 4.78 is 1.80. The van der Waals surface area contributed by atoms with E-state index in [9.17, 15) is 4.79 Å². The van der Waals surface area contributed by atoms with Crippen molar-refractivity contribution in [3.63, 3.8) is 0 Å². The van der Waals surface area contributed by atoms with Crippen LogP contribution in [0.1, 0.15) is 21.7 Å². The van der Waals surface area contributed by atoms with Gasteiger partial charge in [-0.25, -0.2) is 0 Å². The van der Waals surface area contributed by atoms with Crippen LogP contribution in [0.3, 0.4) is 0 Å². The number of amidine groups is 1. The highest BCUT2D eigenvalue weighted by atomic mass is 16.4. The highest BCUT2D eigenvalue weighted by Crippen LogP contribution is 2.05. The zero-order chi connectivity index (χ0) is 15.2. The van der Waals surface area contributed by atoms with Crippen molar-refractivity contribution in [3.05, 3.63) is 47.5 Å². The van der Waals surface area contributed by atoms with Crippen molar-refractivity contribution in [2.24, 2.45) is 17.9 Å². The first-order chi connectivity index (χ1) is 10.1. The molecule has 0 saturated carbocycles. The Morgan fingerprint density at radius 2 is 2.24 bits per heavy atom. The van der Waals surface area contributed by atoms with Crippen molar-refractivity contribution >= 4 is 11.7 Å². The zero-order valence-electron chi connectivity index (χ0n) is 11.5. The molecule has 2 aromatic rings. The average molecular weight is 288 g/mol. The maximum Gasteiger partial charge on any atom is 0.251 e. The summed E-state index contributed by atoms with van der Waals surface area (Å²) in [6, 6.07) is 6.55. The molecule has 1 heterocycles. The lowest BCUT2D eigenvalue weighted by atomic mass is 10.1. The Balaban J connectivity index is 1.96. The van der Waals surface area contributed by atoms with E-state index < -0.39 is 0 Å². The maximum atomic E-state index is 12.0. The van der Waals surface area contributed by atoms with Gasteiger partial charge in [-0.05, 0) is 12.1 Å². The summed E-state index contributed by atoms with van der Waals surface area (Å²) in [4.78, 5) is 12.0. The Kier molecular flexibility index (Phi) is 4.50. The predicted molar refractivity (Wildman–Crippen MR) is 76.0 cm³/mol. The molecule has 0 fully saturated rings. The topological polar surface area (TPSA) is 118 Å². The number of carbonyl (C=O) groups excluding carboxylic acids is 1. The summed E-state index contributed by atoms with van der Waals surface area (Å²) in [6.07, 6.45) is 2.19. The first-order valence-corrected chi connectivity index (χ1v) is 6.31. The van der Waals surface area contributed by atoms with E-state index in [1.54, 1.807) is 35.2 Å². The van der Waals surface area contributed by atoms with Gasteiger partial charge in [-0.3, -0.25) is 4.79 Å². The first-order valence-electron chi connectivity index (χ1n) is 6.31. The molecule has 0 spiro atoms. The minimum Gasteiger partial charge on any atom is -0.409 e. The van der Waals surface area contributed by atoms with Gasteiger partial charge in [0.1, 0.15) is 12.2 Å². The molecule has 8 nitrogen and oxygen atoms in total. The van der Waals surface area contributed by atoms with Gasteiger partial charge in [-0.1, -0.05) is 17.3 Å².